The van der Waals surface area contributed by atoms with Gasteiger partial charge in [0.1, 0.15) is 0 Å². The van der Waals surface area contributed by atoms with Crippen LogP contribution in [0.3, 0.4) is 0 Å². The van der Waals surface area contributed by atoms with Crippen LogP contribution in [-0.4, -0.2) is 46.5 Å². The van der Waals surface area contributed by atoms with E-state index in [1.165, 1.54) is 0 Å². The summed E-state index contributed by atoms with van der Waals surface area (Å²) < 4.78 is 44.4. The summed E-state index contributed by atoms with van der Waals surface area (Å²) in [5.74, 6) is -1.32. The van der Waals surface area contributed by atoms with Crippen LogP contribution < -0.4 is 0 Å². The van der Waals surface area contributed by atoms with E-state index < -0.39 is 37.2 Å². The van der Waals surface area contributed by atoms with Crippen LogP contribution in [0.1, 0.15) is 12.8 Å². The molecule has 0 bridgehead atoms. The van der Waals surface area contributed by atoms with Gasteiger partial charge in [0.15, 0.2) is 0 Å². The Hall–Kier alpha value is -0.380. The lowest BCUT2D eigenvalue weighted by Gasteiger charge is -2.30. The minimum absolute atomic E-state index is 0.294. The lowest BCUT2D eigenvalue weighted by atomic mass is 9.83. The van der Waals surface area contributed by atoms with Gasteiger partial charge in [-0.05, 0) is 12.8 Å². The molecule has 1 fully saturated rings. The van der Waals surface area contributed by atoms with Gasteiger partial charge in [0, 0.05) is 10.7 Å². The van der Waals surface area contributed by atoms with Gasteiger partial charge in [0.2, 0.25) is 9.05 Å². The predicted octanol–water partition coefficient (Wildman–Crippen LogP) is 0.0106. The Bertz CT molecular complexity index is 452. The third-order valence-electron chi connectivity index (χ3n) is 1.75. The fourth-order valence-electron chi connectivity index (χ4n) is 1.09. The van der Waals surface area contributed by atoms with Crippen LogP contribution in [-0.2, 0) is 28.1 Å². The van der Waals surface area contributed by atoms with Gasteiger partial charge in [0.25, 0.3) is 10.1 Å². The average molecular weight is 309 g/mol. The van der Waals surface area contributed by atoms with Crippen molar-refractivity contribution in [2.24, 2.45) is 5.92 Å². The molecule has 1 N–H and O–H groups in total. The Morgan fingerprint density at radius 2 is 1.59 bits per heavy atom. The van der Waals surface area contributed by atoms with Crippen molar-refractivity contribution >= 4 is 35.8 Å². The van der Waals surface area contributed by atoms with Crippen LogP contribution in [0.5, 0.6) is 0 Å². The first-order valence-electron chi connectivity index (χ1n) is 4.39. The number of carboxylic acids is 1. The molecule has 1 aliphatic carbocycles. The van der Waals surface area contributed by atoms with Gasteiger partial charge >= 0.3 is 5.97 Å². The molecule has 102 valence electrons. The normalized spacial score (nSPS) is 24.2. The maximum Gasteiger partial charge on any atom is 0.306 e. The van der Waals surface area contributed by atoms with Crippen molar-refractivity contribution in [1.82, 2.24) is 0 Å². The third kappa shape index (κ3) is 10.5. The minimum atomic E-state index is -3.43. The first-order valence-corrected chi connectivity index (χ1v) is 8.92. The highest BCUT2D eigenvalue weighted by atomic mass is 35.7. The summed E-state index contributed by atoms with van der Waals surface area (Å²) >= 11 is 0. The maximum absolute atomic E-state index is 10.5. The van der Waals surface area contributed by atoms with Crippen molar-refractivity contribution < 1.29 is 30.9 Å². The second-order valence-electron chi connectivity index (χ2n) is 3.61. The van der Waals surface area contributed by atoms with Crippen LogP contribution >= 0.6 is 10.7 Å². The zero-order chi connectivity index (χ0) is 13.9. The van der Waals surface area contributed by atoms with E-state index in [1.54, 1.807) is 0 Å². The fraction of sp³-hybridized carbons (Fsp3) is 0.857. The molecule has 7 nitrogen and oxygen atoms in total. The van der Waals surface area contributed by atoms with E-state index in [4.69, 9.17) is 5.11 Å². The molecule has 0 aliphatic heterocycles. The largest absolute Gasteiger partial charge is 0.481 e. The Labute approximate surface area is 104 Å². The van der Waals surface area contributed by atoms with Crippen LogP contribution in [0.4, 0.5) is 0 Å². The third-order valence-corrected chi connectivity index (χ3v) is 2.38. The Balaban J connectivity index is 0.000000437. The highest BCUT2D eigenvalue weighted by Crippen LogP contribution is 2.30. The van der Waals surface area contributed by atoms with E-state index in [9.17, 15) is 21.6 Å². The SMILES string of the molecule is CS(=O)(=O)Cl.CS(=O)(=O)OC1CC(C(=O)O)C1. The summed E-state index contributed by atoms with van der Waals surface area (Å²) in [4.78, 5) is 10.3. The second-order valence-corrected chi connectivity index (χ2v) is 8.26. The van der Waals surface area contributed by atoms with E-state index in [0.717, 1.165) is 12.5 Å². The highest BCUT2D eigenvalue weighted by molar-refractivity contribution is 8.13. The molecule has 1 rings (SSSR count). The lowest BCUT2D eigenvalue weighted by Crippen LogP contribution is -2.37. The summed E-state index contributed by atoms with van der Waals surface area (Å²) in [6, 6.07) is 0. The van der Waals surface area contributed by atoms with Crippen molar-refractivity contribution in [3.8, 4) is 0 Å². The zero-order valence-electron chi connectivity index (χ0n) is 9.16. The van der Waals surface area contributed by atoms with E-state index >= 15 is 0 Å². The van der Waals surface area contributed by atoms with E-state index in [1.807, 2.05) is 0 Å². The number of carboxylic acid groups (broad SMARTS) is 1. The van der Waals surface area contributed by atoms with E-state index in [0.29, 0.717) is 12.8 Å². The van der Waals surface area contributed by atoms with Gasteiger partial charge in [-0.1, -0.05) is 0 Å². The quantitative estimate of drug-likeness (QED) is 0.577. The molecule has 0 unspecified atom stereocenters. The molecule has 0 aromatic carbocycles. The zero-order valence-corrected chi connectivity index (χ0v) is 11.5. The van der Waals surface area contributed by atoms with Gasteiger partial charge in [-0.2, -0.15) is 8.42 Å². The molecule has 10 heteroatoms. The molecule has 17 heavy (non-hydrogen) atoms. The predicted molar refractivity (Wildman–Crippen MR) is 60.8 cm³/mol. The summed E-state index contributed by atoms with van der Waals surface area (Å²) in [5, 5.41) is 8.44. The van der Waals surface area contributed by atoms with E-state index in [2.05, 4.69) is 14.9 Å². The van der Waals surface area contributed by atoms with Crippen molar-refractivity contribution in [2.45, 2.75) is 18.9 Å². The van der Waals surface area contributed by atoms with Crippen LogP contribution in [0.15, 0.2) is 0 Å². The molecule has 0 amide bonds. The summed E-state index contributed by atoms with van der Waals surface area (Å²) in [6.07, 6.45) is 2.04. The smallest absolute Gasteiger partial charge is 0.306 e. The first kappa shape index (κ1) is 16.6. The Morgan fingerprint density at radius 1 is 1.24 bits per heavy atom. The monoisotopic (exact) mass is 308 g/mol. The topological polar surface area (TPSA) is 115 Å². The summed E-state index contributed by atoms with van der Waals surface area (Å²) in [6.45, 7) is 0. The van der Waals surface area contributed by atoms with Crippen molar-refractivity contribution in [1.29, 1.82) is 0 Å². The Morgan fingerprint density at radius 3 is 1.82 bits per heavy atom. The van der Waals surface area contributed by atoms with Crippen molar-refractivity contribution in [3.63, 3.8) is 0 Å². The summed E-state index contributed by atoms with van der Waals surface area (Å²) in [7, 11) is -2.12. The van der Waals surface area contributed by atoms with Gasteiger partial charge in [-0.3, -0.25) is 8.98 Å². The van der Waals surface area contributed by atoms with Crippen molar-refractivity contribution in [3.05, 3.63) is 0 Å². The average Bonchev–Trinajstić information content (AvgIpc) is 1.89. The molecule has 0 atom stereocenters. The maximum atomic E-state index is 10.5. The molecular formula is C7H13ClO7S2. The van der Waals surface area contributed by atoms with Gasteiger partial charge in [0.05, 0.1) is 24.5 Å². The van der Waals surface area contributed by atoms with Crippen LogP contribution in [0.2, 0.25) is 0 Å². The minimum Gasteiger partial charge on any atom is -0.481 e. The molecule has 0 aromatic rings. The molecular weight excluding hydrogens is 296 g/mol. The van der Waals surface area contributed by atoms with Crippen LogP contribution in [0.25, 0.3) is 0 Å². The molecule has 0 saturated heterocycles. The second kappa shape index (κ2) is 5.98. The molecule has 0 heterocycles. The van der Waals surface area contributed by atoms with Gasteiger partial charge in [-0.25, -0.2) is 8.42 Å². The fourth-order valence-corrected chi connectivity index (χ4v) is 1.74. The van der Waals surface area contributed by atoms with Gasteiger partial charge < -0.3 is 5.11 Å². The number of halogens is 1. The molecule has 0 aromatic heterocycles. The van der Waals surface area contributed by atoms with Crippen molar-refractivity contribution in [2.75, 3.05) is 12.5 Å². The number of hydrogen-bond donors (Lipinski definition) is 1. The number of aliphatic carboxylic acids is 1. The lowest BCUT2D eigenvalue weighted by molar-refractivity contribution is -0.147. The number of rotatable bonds is 3. The molecule has 1 aliphatic rings. The standard InChI is InChI=1S/C6H10O5S.CH3ClO2S/c1-12(9,10)11-5-2-4(3-5)6(7)8;1-5(2,3)4/h4-5H,2-3H2,1H3,(H,7,8);1H3. The van der Waals surface area contributed by atoms with Crippen LogP contribution in [0, 0.1) is 5.92 Å². The summed E-state index contributed by atoms with van der Waals surface area (Å²) in [5.41, 5.74) is 0. The molecule has 0 radical (unpaired) electrons. The Kier molecular flexibility index (Phi) is 5.85. The van der Waals surface area contributed by atoms with E-state index in [-0.39, 0.29) is 0 Å². The first-order chi connectivity index (χ1) is 7.38. The molecule has 1 saturated carbocycles. The molecule has 0 spiro atoms. The number of hydrogen-bond acceptors (Lipinski definition) is 6. The number of carbonyl (C=O) groups is 1. The highest BCUT2D eigenvalue weighted by Gasteiger charge is 2.37. The van der Waals surface area contributed by atoms with Gasteiger partial charge in [-0.15, -0.1) is 0 Å².